The van der Waals surface area contributed by atoms with Gasteiger partial charge in [-0.15, -0.1) is 0 Å². The number of carbonyl (C=O) groups is 2. The highest BCUT2D eigenvalue weighted by molar-refractivity contribution is 6.00. The molecule has 1 aromatic carbocycles. The number of aromatic amines is 1. The van der Waals surface area contributed by atoms with Gasteiger partial charge in [0.05, 0.1) is 5.69 Å². The Morgan fingerprint density at radius 3 is 2.37 bits per heavy atom. The van der Waals surface area contributed by atoms with Gasteiger partial charge in [0.25, 0.3) is 5.91 Å². The van der Waals surface area contributed by atoms with Gasteiger partial charge >= 0.3 is 0 Å². The number of amides is 2. The number of H-pyrrole nitrogens is 1. The molecule has 2 heterocycles. The fourth-order valence-electron chi connectivity index (χ4n) is 3.46. The lowest BCUT2D eigenvalue weighted by atomic mass is 10.0. The van der Waals surface area contributed by atoms with Gasteiger partial charge in [0.1, 0.15) is 11.7 Å². The highest BCUT2D eigenvalue weighted by Gasteiger charge is 2.24. The number of rotatable bonds is 7. The van der Waals surface area contributed by atoms with Crippen molar-refractivity contribution in [1.29, 1.82) is 0 Å². The molecule has 3 rings (SSSR count). The summed E-state index contributed by atoms with van der Waals surface area (Å²) in [5.41, 5.74) is 5.10. The predicted molar refractivity (Wildman–Crippen MR) is 116 cm³/mol. The van der Waals surface area contributed by atoms with Crippen LogP contribution in [0.5, 0.6) is 0 Å². The molecule has 8 nitrogen and oxygen atoms in total. The molecule has 0 radical (unpaired) electrons. The SMILES string of the molecule is Cc1n[nH]c(C)c1-c1ccc(NC(=O)[C@H](CC(C)C)NC(=O)c2ccnn2C)cc1. The number of nitrogens with zero attached hydrogens (tertiary/aromatic N) is 3. The van der Waals surface area contributed by atoms with E-state index in [0.29, 0.717) is 17.8 Å². The van der Waals surface area contributed by atoms with Crippen molar-refractivity contribution in [2.75, 3.05) is 5.32 Å². The predicted octanol–water partition coefficient (Wildman–Crippen LogP) is 3.21. The molecule has 0 aliphatic rings. The topological polar surface area (TPSA) is 105 Å². The molecule has 2 aromatic heterocycles. The molecule has 0 aliphatic heterocycles. The number of nitrogens with one attached hydrogen (secondary N) is 3. The van der Waals surface area contributed by atoms with E-state index in [1.54, 1.807) is 19.3 Å². The van der Waals surface area contributed by atoms with E-state index in [4.69, 9.17) is 0 Å². The first-order valence-electron chi connectivity index (χ1n) is 9.98. The van der Waals surface area contributed by atoms with Crippen LogP contribution in [0.2, 0.25) is 0 Å². The number of hydrogen-bond acceptors (Lipinski definition) is 4. The molecule has 0 fully saturated rings. The summed E-state index contributed by atoms with van der Waals surface area (Å²) in [5.74, 6) is -0.332. The van der Waals surface area contributed by atoms with Crippen molar-refractivity contribution in [1.82, 2.24) is 25.3 Å². The van der Waals surface area contributed by atoms with Crippen LogP contribution in [0.1, 0.15) is 42.1 Å². The van der Waals surface area contributed by atoms with Gasteiger partial charge in [0.15, 0.2) is 0 Å². The number of benzene rings is 1. The minimum atomic E-state index is -0.648. The third-order valence-electron chi connectivity index (χ3n) is 4.95. The van der Waals surface area contributed by atoms with Gasteiger partial charge in [-0.25, -0.2) is 0 Å². The summed E-state index contributed by atoms with van der Waals surface area (Å²) in [6.45, 7) is 7.96. The van der Waals surface area contributed by atoms with Crippen LogP contribution in [0.3, 0.4) is 0 Å². The lowest BCUT2D eigenvalue weighted by molar-refractivity contribution is -0.118. The monoisotopic (exact) mass is 408 g/mol. The van der Waals surface area contributed by atoms with Gasteiger partial charge in [0.2, 0.25) is 5.91 Å². The molecular weight excluding hydrogens is 380 g/mol. The fraction of sp³-hybridized carbons (Fsp3) is 0.364. The number of hydrogen-bond donors (Lipinski definition) is 3. The number of aromatic nitrogens is 4. The summed E-state index contributed by atoms with van der Waals surface area (Å²) in [5, 5.41) is 17.0. The first kappa shape index (κ1) is 21.3. The van der Waals surface area contributed by atoms with Gasteiger partial charge < -0.3 is 10.6 Å². The molecule has 30 heavy (non-hydrogen) atoms. The Balaban J connectivity index is 1.72. The third kappa shape index (κ3) is 4.76. The molecule has 3 aromatic rings. The van der Waals surface area contributed by atoms with Gasteiger partial charge in [-0.2, -0.15) is 10.2 Å². The molecule has 0 aliphatic carbocycles. The summed E-state index contributed by atoms with van der Waals surface area (Å²) < 4.78 is 1.48. The Kier molecular flexibility index (Phi) is 6.34. The fourth-order valence-corrected chi connectivity index (χ4v) is 3.46. The quantitative estimate of drug-likeness (QED) is 0.558. The van der Waals surface area contributed by atoms with Crippen LogP contribution in [-0.2, 0) is 11.8 Å². The lowest BCUT2D eigenvalue weighted by Gasteiger charge is -2.20. The lowest BCUT2D eigenvalue weighted by Crippen LogP contribution is -2.45. The van der Waals surface area contributed by atoms with Crippen molar-refractivity contribution in [3.05, 3.63) is 53.6 Å². The first-order chi connectivity index (χ1) is 14.3. The number of carbonyl (C=O) groups excluding carboxylic acids is 2. The van der Waals surface area contributed by atoms with Gasteiger partial charge in [-0.05, 0) is 49.9 Å². The Morgan fingerprint density at radius 2 is 1.83 bits per heavy atom. The molecule has 0 spiro atoms. The minimum Gasteiger partial charge on any atom is -0.339 e. The van der Waals surface area contributed by atoms with Crippen LogP contribution >= 0.6 is 0 Å². The average molecular weight is 409 g/mol. The van der Waals surface area contributed by atoms with E-state index in [2.05, 4.69) is 25.9 Å². The largest absolute Gasteiger partial charge is 0.339 e. The van der Waals surface area contributed by atoms with E-state index in [9.17, 15) is 9.59 Å². The second-order valence-corrected chi connectivity index (χ2v) is 7.87. The summed E-state index contributed by atoms with van der Waals surface area (Å²) in [4.78, 5) is 25.5. The van der Waals surface area contributed by atoms with E-state index in [0.717, 1.165) is 22.5 Å². The molecule has 0 saturated carbocycles. The summed E-state index contributed by atoms with van der Waals surface area (Å²) in [6, 6.07) is 8.59. The molecule has 8 heteroatoms. The molecule has 158 valence electrons. The van der Waals surface area contributed by atoms with Crippen LogP contribution < -0.4 is 10.6 Å². The van der Waals surface area contributed by atoms with Crippen molar-refractivity contribution in [3.8, 4) is 11.1 Å². The number of aryl methyl sites for hydroxylation is 3. The first-order valence-corrected chi connectivity index (χ1v) is 9.98. The Bertz CT molecular complexity index is 1010. The van der Waals surface area contributed by atoms with Gasteiger partial charge in [0, 0.05) is 30.2 Å². The Hall–Kier alpha value is -3.42. The smallest absolute Gasteiger partial charge is 0.270 e. The zero-order valence-electron chi connectivity index (χ0n) is 18.0. The zero-order chi connectivity index (χ0) is 21.8. The molecule has 0 saturated heterocycles. The van der Waals surface area contributed by atoms with Crippen LogP contribution in [0.15, 0.2) is 36.5 Å². The van der Waals surface area contributed by atoms with Crippen LogP contribution in [-0.4, -0.2) is 37.8 Å². The normalized spacial score (nSPS) is 12.1. The minimum absolute atomic E-state index is 0.238. The van der Waals surface area contributed by atoms with Gasteiger partial charge in [-0.1, -0.05) is 26.0 Å². The highest BCUT2D eigenvalue weighted by atomic mass is 16.2. The molecule has 2 amide bonds. The Labute approximate surface area is 176 Å². The molecular formula is C22H28N6O2. The van der Waals surface area contributed by atoms with Crippen LogP contribution in [0, 0.1) is 19.8 Å². The Morgan fingerprint density at radius 1 is 1.13 bits per heavy atom. The summed E-state index contributed by atoms with van der Waals surface area (Å²) in [6.07, 6.45) is 2.08. The maximum absolute atomic E-state index is 12.9. The third-order valence-corrected chi connectivity index (χ3v) is 4.95. The van der Waals surface area contributed by atoms with Crippen LogP contribution in [0.25, 0.3) is 11.1 Å². The zero-order valence-corrected chi connectivity index (χ0v) is 18.0. The maximum atomic E-state index is 12.9. The van der Waals surface area contributed by atoms with E-state index in [1.807, 2.05) is 52.0 Å². The number of anilines is 1. The van der Waals surface area contributed by atoms with E-state index < -0.39 is 6.04 Å². The second-order valence-electron chi connectivity index (χ2n) is 7.87. The van der Waals surface area contributed by atoms with Crippen molar-refractivity contribution in [2.24, 2.45) is 13.0 Å². The average Bonchev–Trinajstić information content (AvgIpc) is 3.26. The molecule has 1 atom stereocenters. The molecule has 0 bridgehead atoms. The van der Waals surface area contributed by atoms with E-state index in [1.165, 1.54) is 4.68 Å². The summed E-state index contributed by atoms with van der Waals surface area (Å²) >= 11 is 0. The van der Waals surface area contributed by atoms with Crippen molar-refractivity contribution < 1.29 is 9.59 Å². The van der Waals surface area contributed by atoms with Gasteiger partial charge in [-0.3, -0.25) is 19.4 Å². The van der Waals surface area contributed by atoms with E-state index >= 15 is 0 Å². The van der Waals surface area contributed by atoms with Crippen molar-refractivity contribution >= 4 is 17.5 Å². The summed E-state index contributed by atoms with van der Waals surface area (Å²) in [7, 11) is 1.69. The second kappa shape index (κ2) is 8.94. The standard InChI is InChI=1S/C22H28N6O2/c1-13(2)12-18(25-22(30)19-10-11-23-28(19)5)21(29)24-17-8-6-16(7-9-17)20-14(3)26-27-15(20)4/h6-11,13,18H,12H2,1-5H3,(H,24,29)(H,25,30)(H,26,27)/t18-/m0/s1. The highest BCUT2D eigenvalue weighted by Crippen LogP contribution is 2.26. The van der Waals surface area contributed by atoms with Crippen molar-refractivity contribution in [3.63, 3.8) is 0 Å². The van der Waals surface area contributed by atoms with Crippen LogP contribution in [0.4, 0.5) is 5.69 Å². The molecule has 3 N–H and O–H groups in total. The maximum Gasteiger partial charge on any atom is 0.270 e. The van der Waals surface area contributed by atoms with E-state index in [-0.39, 0.29) is 17.7 Å². The molecule has 0 unspecified atom stereocenters. The van der Waals surface area contributed by atoms with Crippen molar-refractivity contribution in [2.45, 2.75) is 40.2 Å².